The molecule has 0 saturated carbocycles. The molecule has 0 amide bonds. The predicted molar refractivity (Wildman–Crippen MR) is 94.8 cm³/mol. The summed E-state index contributed by atoms with van der Waals surface area (Å²) in [4.78, 5) is 23.5. The minimum atomic E-state index is -0.469. The molecular weight excluding hydrogens is 334 g/mol. The number of ether oxygens (including phenoxy) is 3. The monoisotopic (exact) mass is 357 g/mol. The van der Waals surface area contributed by atoms with Gasteiger partial charge in [0.1, 0.15) is 18.4 Å². The van der Waals surface area contributed by atoms with Crippen LogP contribution in [0.4, 0.5) is 0 Å². The zero-order chi connectivity index (χ0) is 19.4. The van der Waals surface area contributed by atoms with Crippen LogP contribution in [-0.2, 0) is 27.3 Å². The highest BCUT2D eigenvalue weighted by Gasteiger charge is 2.31. The average molecular weight is 357 g/mol. The van der Waals surface area contributed by atoms with Crippen LogP contribution < -0.4 is 4.74 Å². The lowest BCUT2D eigenvalue weighted by Gasteiger charge is -2.16. The lowest BCUT2D eigenvalue weighted by Crippen LogP contribution is -2.09. The molecule has 1 aliphatic heterocycles. The molecule has 0 radical (unpaired) electrons. The normalized spacial score (nSPS) is 14.3. The number of nitrogens with zero attached hydrogens (tertiary/aromatic N) is 1. The maximum atomic E-state index is 12.1. The molecule has 1 heterocycles. The fourth-order valence-electron chi connectivity index (χ4n) is 3.13. The van der Waals surface area contributed by atoms with E-state index in [9.17, 15) is 14.9 Å². The molecule has 6 nitrogen and oxygen atoms in total. The molecule has 6 heteroatoms. The van der Waals surface area contributed by atoms with Gasteiger partial charge < -0.3 is 14.2 Å². The van der Waals surface area contributed by atoms with Crippen molar-refractivity contribution in [2.45, 2.75) is 40.2 Å². The fourth-order valence-corrected chi connectivity index (χ4v) is 3.13. The molecule has 1 atom stereocenters. The van der Waals surface area contributed by atoms with Crippen molar-refractivity contribution in [3.8, 4) is 11.8 Å². The van der Waals surface area contributed by atoms with Crippen molar-refractivity contribution in [3.05, 3.63) is 39.5 Å². The summed E-state index contributed by atoms with van der Waals surface area (Å²) in [5, 5.41) is 9.64. The van der Waals surface area contributed by atoms with Crippen LogP contribution in [0.2, 0.25) is 0 Å². The van der Waals surface area contributed by atoms with Gasteiger partial charge in [-0.1, -0.05) is 18.6 Å². The Hall–Kier alpha value is -2.81. The fraction of sp³-hybridized carbons (Fsp3) is 0.450. The van der Waals surface area contributed by atoms with Crippen molar-refractivity contribution in [1.82, 2.24) is 0 Å². The Morgan fingerprint density at radius 1 is 1.42 bits per heavy atom. The maximum Gasteiger partial charge on any atom is 0.340 e. The summed E-state index contributed by atoms with van der Waals surface area (Å²) in [7, 11) is 2.91. The van der Waals surface area contributed by atoms with Crippen molar-refractivity contribution in [1.29, 1.82) is 5.26 Å². The number of allylic oxidation sites excluding steroid dienone is 2. The molecule has 1 aliphatic rings. The first-order valence-electron chi connectivity index (χ1n) is 8.38. The Bertz CT molecular complexity index is 817. The zero-order valence-corrected chi connectivity index (χ0v) is 15.8. The number of benzene rings is 1. The molecule has 1 aromatic rings. The molecular formula is C20H23NO5. The largest absolute Gasteiger partial charge is 0.496 e. The molecule has 26 heavy (non-hydrogen) atoms. The number of carbonyl (C=O) groups excluding carboxylic acids is 2. The SMILES string of the molecule is COC(=O)CC(C)/C(C)=C/Cc1c(C#N)c2c(c(C)c1OC)COC2=O. The maximum absolute atomic E-state index is 12.1. The predicted octanol–water partition coefficient (Wildman–Crippen LogP) is 3.23. The molecule has 2 rings (SSSR count). The van der Waals surface area contributed by atoms with Crippen LogP contribution in [0.5, 0.6) is 5.75 Å². The quantitative estimate of drug-likeness (QED) is 0.574. The summed E-state index contributed by atoms with van der Waals surface area (Å²) in [6.45, 7) is 5.90. The highest BCUT2D eigenvalue weighted by atomic mass is 16.5. The first kappa shape index (κ1) is 19.5. The van der Waals surface area contributed by atoms with Crippen LogP contribution in [0.25, 0.3) is 0 Å². The molecule has 0 saturated heterocycles. The molecule has 0 aliphatic carbocycles. The zero-order valence-electron chi connectivity index (χ0n) is 15.8. The molecule has 1 unspecified atom stereocenters. The second-order valence-electron chi connectivity index (χ2n) is 6.39. The molecule has 1 aromatic carbocycles. The highest BCUT2D eigenvalue weighted by Crippen LogP contribution is 2.38. The molecule has 138 valence electrons. The molecule has 0 fully saturated rings. The number of rotatable bonds is 6. The van der Waals surface area contributed by atoms with Gasteiger partial charge in [-0.2, -0.15) is 5.26 Å². The molecule has 0 bridgehead atoms. The minimum Gasteiger partial charge on any atom is -0.496 e. The van der Waals surface area contributed by atoms with Crippen LogP contribution in [0.1, 0.15) is 52.9 Å². The lowest BCUT2D eigenvalue weighted by atomic mass is 9.89. The molecule has 0 N–H and O–H groups in total. The van der Waals surface area contributed by atoms with Crippen molar-refractivity contribution in [3.63, 3.8) is 0 Å². The van der Waals surface area contributed by atoms with Crippen molar-refractivity contribution < 1.29 is 23.8 Å². The third-order valence-corrected chi connectivity index (χ3v) is 4.89. The Balaban J connectivity index is 2.44. The van der Waals surface area contributed by atoms with Gasteiger partial charge in [0, 0.05) is 11.1 Å². The van der Waals surface area contributed by atoms with Gasteiger partial charge in [0.05, 0.1) is 31.8 Å². The van der Waals surface area contributed by atoms with Crippen molar-refractivity contribution in [2.75, 3.05) is 14.2 Å². The first-order chi connectivity index (χ1) is 12.3. The minimum absolute atomic E-state index is 0.0134. The van der Waals surface area contributed by atoms with Crippen LogP contribution >= 0.6 is 0 Å². The van der Waals surface area contributed by atoms with Gasteiger partial charge in [-0.15, -0.1) is 0 Å². The Labute approximate surface area is 153 Å². The number of esters is 2. The summed E-state index contributed by atoms with van der Waals surface area (Å²) in [6, 6.07) is 2.14. The van der Waals surface area contributed by atoms with E-state index < -0.39 is 5.97 Å². The highest BCUT2D eigenvalue weighted by molar-refractivity contribution is 5.97. The van der Waals surface area contributed by atoms with Gasteiger partial charge in [0.15, 0.2) is 0 Å². The van der Waals surface area contributed by atoms with E-state index in [1.54, 1.807) is 7.11 Å². The topological polar surface area (TPSA) is 85.6 Å². The van der Waals surface area contributed by atoms with Crippen molar-refractivity contribution in [2.24, 2.45) is 5.92 Å². The van der Waals surface area contributed by atoms with Gasteiger partial charge in [-0.3, -0.25) is 4.79 Å². The van der Waals surface area contributed by atoms with Gasteiger partial charge in [-0.05, 0) is 31.7 Å². The Morgan fingerprint density at radius 3 is 2.69 bits per heavy atom. The van der Waals surface area contributed by atoms with Crippen LogP contribution in [0, 0.1) is 24.2 Å². The van der Waals surface area contributed by atoms with E-state index >= 15 is 0 Å². The van der Waals surface area contributed by atoms with E-state index in [2.05, 4.69) is 6.07 Å². The summed E-state index contributed by atoms with van der Waals surface area (Å²) >= 11 is 0. The third-order valence-electron chi connectivity index (χ3n) is 4.89. The van der Waals surface area contributed by atoms with Crippen molar-refractivity contribution >= 4 is 11.9 Å². The van der Waals surface area contributed by atoms with Gasteiger partial charge in [-0.25, -0.2) is 4.79 Å². The standard InChI is InChI=1S/C20H23NO5/c1-11(12(2)8-17(22)24-4)6-7-14-15(9-21)18-16(10-26-20(18)23)13(3)19(14)25-5/h6,12H,7-8,10H2,1-5H3/b11-6+. The van der Waals surface area contributed by atoms with Gasteiger partial charge in [0.2, 0.25) is 0 Å². The summed E-state index contributed by atoms with van der Waals surface area (Å²) in [6.07, 6.45) is 2.67. The number of hydrogen-bond acceptors (Lipinski definition) is 6. The number of methoxy groups -OCH3 is 2. The van der Waals surface area contributed by atoms with E-state index in [0.29, 0.717) is 34.4 Å². The number of carbonyl (C=O) groups is 2. The molecule has 0 aromatic heterocycles. The Morgan fingerprint density at radius 2 is 2.12 bits per heavy atom. The van der Waals surface area contributed by atoms with Crippen LogP contribution in [0.15, 0.2) is 11.6 Å². The first-order valence-corrected chi connectivity index (χ1v) is 8.38. The van der Waals surface area contributed by atoms with E-state index in [1.807, 2.05) is 26.8 Å². The smallest absolute Gasteiger partial charge is 0.340 e. The summed E-state index contributed by atoms with van der Waals surface area (Å²) < 4.78 is 15.3. The number of cyclic esters (lactones) is 1. The Kier molecular flexibility index (Phi) is 6.04. The second-order valence-corrected chi connectivity index (χ2v) is 6.39. The van der Waals surface area contributed by atoms with Gasteiger partial charge >= 0.3 is 11.9 Å². The van der Waals surface area contributed by atoms with Gasteiger partial charge in [0.25, 0.3) is 0 Å². The van der Waals surface area contributed by atoms with E-state index in [0.717, 1.165) is 11.1 Å². The lowest BCUT2D eigenvalue weighted by molar-refractivity contribution is -0.141. The summed E-state index contributed by atoms with van der Waals surface area (Å²) in [5.74, 6) is -0.122. The average Bonchev–Trinajstić information content (AvgIpc) is 3.01. The number of fused-ring (bicyclic) bond motifs is 1. The second kappa shape index (κ2) is 8.05. The van der Waals surface area contributed by atoms with Crippen LogP contribution in [-0.4, -0.2) is 26.2 Å². The number of nitriles is 1. The van der Waals surface area contributed by atoms with E-state index in [1.165, 1.54) is 7.11 Å². The van der Waals surface area contributed by atoms with E-state index in [4.69, 9.17) is 14.2 Å². The van der Waals surface area contributed by atoms with Crippen LogP contribution in [0.3, 0.4) is 0 Å². The summed E-state index contributed by atoms with van der Waals surface area (Å²) in [5.41, 5.74) is 3.84. The number of hydrogen-bond donors (Lipinski definition) is 0. The third kappa shape index (κ3) is 3.57. The molecule has 0 spiro atoms. The van der Waals surface area contributed by atoms with E-state index in [-0.39, 0.29) is 24.9 Å².